The van der Waals surface area contributed by atoms with Gasteiger partial charge in [0.05, 0.1) is 11.2 Å². The summed E-state index contributed by atoms with van der Waals surface area (Å²) >= 11 is 0. The van der Waals surface area contributed by atoms with Gasteiger partial charge in [0.25, 0.3) is 0 Å². The van der Waals surface area contributed by atoms with E-state index in [1.54, 1.807) is 0 Å². The summed E-state index contributed by atoms with van der Waals surface area (Å²) in [7, 11) is 2.05. The fourth-order valence-electron chi connectivity index (χ4n) is 3.51. The number of para-hydroxylation sites is 1. The molecule has 0 saturated heterocycles. The van der Waals surface area contributed by atoms with Gasteiger partial charge in [-0.05, 0) is 50.6 Å². The van der Waals surface area contributed by atoms with Crippen molar-refractivity contribution in [1.29, 1.82) is 0 Å². The van der Waals surface area contributed by atoms with Gasteiger partial charge >= 0.3 is 0 Å². The van der Waals surface area contributed by atoms with Crippen molar-refractivity contribution in [2.45, 2.75) is 45.1 Å². The normalized spacial score (nSPS) is 22.7. The number of nitrogens with one attached hydrogen (secondary N) is 1. The Morgan fingerprint density at radius 1 is 1.30 bits per heavy atom. The first-order valence-corrected chi connectivity index (χ1v) is 7.92. The molecular weight excluding hydrogens is 246 g/mol. The number of fused-ring (bicyclic) bond motifs is 1. The van der Waals surface area contributed by atoms with E-state index in [9.17, 15) is 0 Å². The molecule has 1 fully saturated rings. The molecule has 1 heterocycles. The third-order valence-corrected chi connectivity index (χ3v) is 4.54. The predicted octanol–water partition coefficient (Wildman–Crippen LogP) is 3.28. The van der Waals surface area contributed by atoms with E-state index in [4.69, 9.17) is 5.10 Å². The van der Waals surface area contributed by atoms with Crippen LogP contribution < -0.4 is 5.32 Å². The summed E-state index contributed by atoms with van der Waals surface area (Å²) in [4.78, 5) is 0. The van der Waals surface area contributed by atoms with E-state index in [-0.39, 0.29) is 0 Å². The van der Waals surface area contributed by atoms with E-state index in [0.717, 1.165) is 24.9 Å². The molecule has 1 aromatic heterocycles. The average molecular weight is 271 g/mol. The Labute approximate surface area is 121 Å². The van der Waals surface area contributed by atoms with Crippen molar-refractivity contribution in [2.24, 2.45) is 13.0 Å². The second kappa shape index (κ2) is 5.96. The maximum absolute atomic E-state index is 4.74. The molecular formula is C17H25N3. The molecule has 0 spiro atoms. The topological polar surface area (TPSA) is 29.9 Å². The standard InChI is InChI=1S/C17H25N3/c1-3-10-18-14-9-8-13(11-14)12-16-15-6-4-5-7-17(15)20(2)19-16/h4-7,13-14,18H,3,8-12H2,1-2H3. The highest BCUT2D eigenvalue weighted by molar-refractivity contribution is 5.81. The molecule has 0 amide bonds. The summed E-state index contributed by atoms with van der Waals surface area (Å²) < 4.78 is 2.02. The summed E-state index contributed by atoms with van der Waals surface area (Å²) in [5.41, 5.74) is 2.53. The lowest BCUT2D eigenvalue weighted by atomic mass is 9.99. The van der Waals surface area contributed by atoms with Gasteiger partial charge in [-0.3, -0.25) is 4.68 Å². The first kappa shape index (κ1) is 13.6. The molecule has 1 aliphatic rings. The highest BCUT2D eigenvalue weighted by Gasteiger charge is 2.25. The number of hydrogen-bond donors (Lipinski definition) is 1. The maximum Gasteiger partial charge on any atom is 0.0706 e. The molecule has 1 N–H and O–H groups in total. The Bertz CT molecular complexity index is 573. The number of rotatable bonds is 5. The number of hydrogen-bond acceptors (Lipinski definition) is 2. The Balaban J connectivity index is 1.68. The first-order chi connectivity index (χ1) is 9.78. The van der Waals surface area contributed by atoms with Gasteiger partial charge in [-0.1, -0.05) is 25.1 Å². The molecule has 3 rings (SSSR count). The van der Waals surface area contributed by atoms with Gasteiger partial charge in [0.1, 0.15) is 0 Å². The predicted molar refractivity (Wildman–Crippen MR) is 83.8 cm³/mol. The quantitative estimate of drug-likeness (QED) is 0.904. The first-order valence-electron chi connectivity index (χ1n) is 7.92. The molecule has 1 aromatic carbocycles. The molecule has 1 saturated carbocycles. The van der Waals surface area contributed by atoms with Crippen LogP contribution in [-0.4, -0.2) is 22.4 Å². The second-order valence-corrected chi connectivity index (χ2v) is 6.12. The Morgan fingerprint density at radius 3 is 3.00 bits per heavy atom. The maximum atomic E-state index is 4.74. The largest absolute Gasteiger partial charge is 0.314 e. The fraction of sp³-hybridized carbons (Fsp3) is 0.588. The van der Waals surface area contributed by atoms with E-state index in [1.807, 2.05) is 11.7 Å². The molecule has 3 nitrogen and oxygen atoms in total. The Hall–Kier alpha value is -1.35. The minimum atomic E-state index is 0.731. The number of nitrogens with zero attached hydrogens (tertiary/aromatic N) is 2. The monoisotopic (exact) mass is 271 g/mol. The zero-order valence-corrected chi connectivity index (χ0v) is 12.6. The van der Waals surface area contributed by atoms with Crippen molar-refractivity contribution < 1.29 is 0 Å². The molecule has 1 aliphatic carbocycles. The van der Waals surface area contributed by atoms with Gasteiger partial charge in [0.2, 0.25) is 0 Å². The lowest BCUT2D eigenvalue weighted by Crippen LogP contribution is -2.27. The minimum Gasteiger partial charge on any atom is -0.314 e. The molecule has 0 aliphatic heterocycles. The SMILES string of the molecule is CCCNC1CCC(Cc2nn(C)c3ccccc23)C1. The lowest BCUT2D eigenvalue weighted by molar-refractivity contribution is 0.480. The van der Waals surface area contributed by atoms with Crippen LogP contribution in [-0.2, 0) is 13.5 Å². The minimum absolute atomic E-state index is 0.731. The average Bonchev–Trinajstić information content (AvgIpc) is 3.03. The van der Waals surface area contributed by atoms with E-state index >= 15 is 0 Å². The molecule has 20 heavy (non-hydrogen) atoms. The number of aromatic nitrogens is 2. The van der Waals surface area contributed by atoms with Gasteiger partial charge in [-0.25, -0.2) is 0 Å². The van der Waals surface area contributed by atoms with Crippen LogP contribution in [0.25, 0.3) is 10.9 Å². The van der Waals surface area contributed by atoms with E-state index in [0.29, 0.717) is 0 Å². The molecule has 108 valence electrons. The molecule has 2 unspecified atom stereocenters. The van der Waals surface area contributed by atoms with Crippen LogP contribution in [0.3, 0.4) is 0 Å². The van der Waals surface area contributed by atoms with Gasteiger partial charge in [0.15, 0.2) is 0 Å². The third kappa shape index (κ3) is 2.73. The van der Waals surface area contributed by atoms with Crippen molar-refractivity contribution in [3.8, 4) is 0 Å². The van der Waals surface area contributed by atoms with Gasteiger partial charge in [-0.2, -0.15) is 5.10 Å². The van der Waals surface area contributed by atoms with Crippen molar-refractivity contribution in [3.05, 3.63) is 30.0 Å². The van der Waals surface area contributed by atoms with E-state index in [1.165, 1.54) is 42.3 Å². The third-order valence-electron chi connectivity index (χ3n) is 4.54. The highest BCUT2D eigenvalue weighted by atomic mass is 15.3. The summed E-state index contributed by atoms with van der Waals surface area (Å²) in [6.07, 6.45) is 6.34. The van der Waals surface area contributed by atoms with Crippen LogP contribution in [0.5, 0.6) is 0 Å². The number of benzene rings is 1. The van der Waals surface area contributed by atoms with Crippen LogP contribution >= 0.6 is 0 Å². The molecule has 0 bridgehead atoms. The lowest BCUT2D eigenvalue weighted by Gasteiger charge is -2.12. The van der Waals surface area contributed by atoms with Crippen molar-refractivity contribution >= 4 is 10.9 Å². The van der Waals surface area contributed by atoms with Crippen molar-refractivity contribution in [1.82, 2.24) is 15.1 Å². The Morgan fingerprint density at radius 2 is 2.15 bits per heavy atom. The molecule has 2 aromatic rings. The number of aryl methyl sites for hydroxylation is 1. The smallest absolute Gasteiger partial charge is 0.0706 e. The highest BCUT2D eigenvalue weighted by Crippen LogP contribution is 2.30. The van der Waals surface area contributed by atoms with Gasteiger partial charge in [0, 0.05) is 18.5 Å². The van der Waals surface area contributed by atoms with Gasteiger partial charge < -0.3 is 5.32 Å². The second-order valence-electron chi connectivity index (χ2n) is 6.12. The summed E-state index contributed by atoms with van der Waals surface area (Å²) in [5, 5.41) is 9.73. The zero-order valence-electron chi connectivity index (χ0n) is 12.6. The van der Waals surface area contributed by atoms with Crippen LogP contribution in [0.4, 0.5) is 0 Å². The fourth-order valence-corrected chi connectivity index (χ4v) is 3.51. The van der Waals surface area contributed by atoms with Crippen LogP contribution in [0.2, 0.25) is 0 Å². The Kier molecular flexibility index (Phi) is 4.06. The van der Waals surface area contributed by atoms with E-state index in [2.05, 4.69) is 36.5 Å². The van der Waals surface area contributed by atoms with Crippen molar-refractivity contribution in [3.63, 3.8) is 0 Å². The van der Waals surface area contributed by atoms with Crippen LogP contribution in [0.15, 0.2) is 24.3 Å². The summed E-state index contributed by atoms with van der Waals surface area (Å²) in [6.45, 7) is 3.39. The van der Waals surface area contributed by atoms with Crippen LogP contribution in [0.1, 0.15) is 38.3 Å². The van der Waals surface area contributed by atoms with Crippen molar-refractivity contribution in [2.75, 3.05) is 6.54 Å². The molecule has 3 heteroatoms. The van der Waals surface area contributed by atoms with Gasteiger partial charge in [-0.15, -0.1) is 0 Å². The summed E-state index contributed by atoms with van der Waals surface area (Å²) in [6, 6.07) is 9.31. The van der Waals surface area contributed by atoms with E-state index < -0.39 is 0 Å². The molecule has 2 atom stereocenters. The zero-order chi connectivity index (χ0) is 13.9. The molecule has 0 radical (unpaired) electrons. The summed E-state index contributed by atoms with van der Waals surface area (Å²) in [5.74, 6) is 0.794. The van der Waals surface area contributed by atoms with Crippen LogP contribution in [0, 0.1) is 5.92 Å².